The second kappa shape index (κ2) is 4.91. The summed E-state index contributed by atoms with van der Waals surface area (Å²) < 4.78 is 0. The summed E-state index contributed by atoms with van der Waals surface area (Å²) in [6, 6.07) is 12.4. The van der Waals surface area contributed by atoms with Crippen molar-refractivity contribution in [2.45, 2.75) is 20.8 Å². The van der Waals surface area contributed by atoms with Crippen molar-refractivity contribution in [1.82, 2.24) is 0 Å². The van der Waals surface area contributed by atoms with Gasteiger partial charge in [-0.25, -0.2) is 0 Å². The number of aliphatic imine (C=N–C) groups is 2. The second-order valence-electron chi connectivity index (χ2n) is 4.13. The Morgan fingerprint density at radius 2 is 1.59 bits per heavy atom. The number of hydrogen-bond acceptors (Lipinski definition) is 2. The van der Waals surface area contributed by atoms with Crippen LogP contribution in [-0.2, 0) is 0 Å². The highest BCUT2D eigenvalue weighted by Crippen LogP contribution is 2.32. The van der Waals surface area contributed by atoms with Crippen LogP contribution in [0.15, 0.2) is 46.4 Å². The van der Waals surface area contributed by atoms with Crippen molar-refractivity contribution in [3.05, 3.63) is 36.4 Å². The molecular weight excluding hydrogens is 208 g/mol. The monoisotopic (exact) mass is 224 g/mol. The molecule has 0 amide bonds. The fourth-order valence-corrected chi connectivity index (χ4v) is 1.79. The SMILES string of the molecule is CC=Nc1cc2ccccc2cc1N=C(C)C. The third-order valence-corrected chi connectivity index (χ3v) is 2.46. The molecule has 2 aromatic carbocycles. The molecule has 2 aromatic rings. The summed E-state index contributed by atoms with van der Waals surface area (Å²) in [6.45, 7) is 5.91. The summed E-state index contributed by atoms with van der Waals surface area (Å²) in [7, 11) is 0. The molecule has 0 saturated heterocycles. The van der Waals surface area contributed by atoms with Gasteiger partial charge in [0.1, 0.15) is 0 Å². The van der Waals surface area contributed by atoms with Gasteiger partial charge in [-0.15, -0.1) is 0 Å². The summed E-state index contributed by atoms with van der Waals surface area (Å²) in [5, 5.41) is 2.39. The van der Waals surface area contributed by atoms with E-state index in [2.05, 4.69) is 34.3 Å². The fourth-order valence-electron chi connectivity index (χ4n) is 1.79. The Morgan fingerprint density at radius 3 is 2.12 bits per heavy atom. The number of hydrogen-bond donors (Lipinski definition) is 0. The Labute approximate surface area is 102 Å². The molecule has 0 aromatic heterocycles. The molecule has 2 heteroatoms. The van der Waals surface area contributed by atoms with Gasteiger partial charge in [0.25, 0.3) is 0 Å². The molecule has 2 nitrogen and oxygen atoms in total. The van der Waals surface area contributed by atoms with E-state index in [9.17, 15) is 0 Å². The standard InChI is InChI=1S/C15H16N2/c1-4-16-14-9-12-7-5-6-8-13(12)10-15(14)17-11(2)3/h4-10H,1-3H3. The molecule has 0 radical (unpaired) electrons. The molecular formula is C15H16N2. The minimum absolute atomic E-state index is 0.924. The van der Waals surface area contributed by atoms with E-state index < -0.39 is 0 Å². The molecule has 0 heterocycles. The zero-order chi connectivity index (χ0) is 12.3. The minimum Gasteiger partial charge on any atom is -0.259 e. The highest BCUT2D eigenvalue weighted by Gasteiger charge is 2.02. The first-order chi connectivity index (χ1) is 8.20. The predicted molar refractivity (Wildman–Crippen MR) is 76.2 cm³/mol. The Balaban J connectivity index is 2.70. The summed E-state index contributed by atoms with van der Waals surface area (Å²) in [4.78, 5) is 8.91. The van der Waals surface area contributed by atoms with E-state index in [4.69, 9.17) is 0 Å². The molecule has 0 N–H and O–H groups in total. The molecule has 2 rings (SSSR count). The normalized spacial score (nSPS) is 11.0. The third kappa shape index (κ3) is 2.59. The first-order valence-corrected chi connectivity index (χ1v) is 5.74. The van der Waals surface area contributed by atoms with Gasteiger partial charge in [-0.3, -0.25) is 9.98 Å². The van der Waals surface area contributed by atoms with Gasteiger partial charge in [0, 0.05) is 11.9 Å². The lowest BCUT2D eigenvalue weighted by Gasteiger charge is -2.04. The molecule has 0 spiro atoms. The fraction of sp³-hybridized carbons (Fsp3) is 0.200. The first-order valence-electron chi connectivity index (χ1n) is 5.74. The quantitative estimate of drug-likeness (QED) is 0.662. The molecule has 0 saturated carbocycles. The van der Waals surface area contributed by atoms with Crippen LogP contribution in [0.25, 0.3) is 10.8 Å². The van der Waals surface area contributed by atoms with Crippen molar-refractivity contribution in [3.63, 3.8) is 0 Å². The maximum absolute atomic E-state index is 4.53. The van der Waals surface area contributed by atoms with Crippen molar-refractivity contribution in [3.8, 4) is 0 Å². The van der Waals surface area contributed by atoms with E-state index in [1.807, 2.05) is 32.9 Å². The zero-order valence-corrected chi connectivity index (χ0v) is 10.4. The molecule has 0 fully saturated rings. The lowest BCUT2D eigenvalue weighted by atomic mass is 10.1. The van der Waals surface area contributed by atoms with Gasteiger partial charge in [-0.2, -0.15) is 0 Å². The van der Waals surface area contributed by atoms with Gasteiger partial charge in [0.2, 0.25) is 0 Å². The van der Waals surface area contributed by atoms with Crippen molar-refractivity contribution in [2.75, 3.05) is 0 Å². The second-order valence-corrected chi connectivity index (χ2v) is 4.13. The molecule has 17 heavy (non-hydrogen) atoms. The van der Waals surface area contributed by atoms with E-state index in [1.54, 1.807) is 6.21 Å². The van der Waals surface area contributed by atoms with E-state index in [-0.39, 0.29) is 0 Å². The number of fused-ring (bicyclic) bond motifs is 1. The zero-order valence-electron chi connectivity index (χ0n) is 10.4. The van der Waals surface area contributed by atoms with Gasteiger partial charge >= 0.3 is 0 Å². The van der Waals surface area contributed by atoms with Crippen LogP contribution in [0, 0.1) is 0 Å². The summed E-state index contributed by atoms with van der Waals surface area (Å²) in [5.74, 6) is 0. The number of nitrogens with zero attached hydrogens (tertiary/aromatic N) is 2. The largest absolute Gasteiger partial charge is 0.259 e. The van der Waals surface area contributed by atoms with Crippen molar-refractivity contribution in [2.24, 2.45) is 9.98 Å². The van der Waals surface area contributed by atoms with Crippen molar-refractivity contribution >= 4 is 34.1 Å². The molecule has 0 aliphatic rings. The van der Waals surface area contributed by atoms with Crippen LogP contribution in [0.5, 0.6) is 0 Å². The van der Waals surface area contributed by atoms with Crippen LogP contribution >= 0.6 is 0 Å². The Hall–Kier alpha value is -1.96. The minimum atomic E-state index is 0.924. The molecule has 86 valence electrons. The van der Waals surface area contributed by atoms with Crippen molar-refractivity contribution in [1.29, 1.82) is 0 Å². The van der Waals surface area contributed by atoms with Crippen LogP contribution in [0.3, 0.4) is 0 Å². The molecule has 0 unspecified atom stereocenters. The molecule has 0 atom stereocenters. The first kappa shape index (κ1) is 11.5. The lowest BCUT2D eigenvalue weighted by molar-refractivity contribution is 1.44. The Bertz CT molecular complexity index is 591. The van der Waals surface area contributed by atoms with Crippen LogP contribution < -0.4 is 0 Å². The van der Waals surface area contributed by atoms with Gasteiger partial charge in [-0.05, 0) is 43.7 Å². The van der Waals surface area contributed by atoms with Crippen molar-refractivity contribution < 1.29 is 0 Å². The van der Waals surface area contributed by atoms with Gasteiger partial charge in [-0.1, -0.05) is 24.3 Å². The summed E-state index contributed by atoms with van der Waals surface area (Å²) in [6.07, 6.45) is 1.80. The van der Waals surface area contributed by atoms with E-state index in [0.717, 1.165) is 17.1 Å². The van der Waals surface area contributed by atoms with Crippen LogP contribution in [0.1, 0.15) is 20.8 Å². The van der Waals surface area contributed by atoms with Gasteiger partial charge in [0.05, 0.1) is 11.4 Å². The third-order valence-electron chi connectivity index (χ3n) is 2.46. The maximum atomic E-state index is 4.53. The smallest absolute Gasteiger partial charge is 0.0891 e. The highest BCUT2D eigenvalue weighted by molar-refractivity contribution is 5.93. The molecule has 0 aliphatic carbocycles. The average Bonchev–Trinajstić information content (AvgIpc) is 2.29. The van der Waals surface area contributed by atoms with Gasteiger partial charge in [0.15, 0.2) is 0 Å². The average molecular weight is 224 g/mol. The maximum Gasteiger partial charge on any atom is 0.0891 e. The van der Waals surface area contributed by atoms with Gasteiger partial charge < -0.3 is 0 Å². The Kier molecular flexibility index (Phi) is 3.33. The van der Waals surface area contributed by atoms with Crippen LogP contribution in [-0.4, -0.2) is 11.9 Å². The predicted octanol–water partition coefficient (Wildman–Crippen LogP) is 4.67. The lowest BCUT2D eigenvalue weighted by Crippen LogP contribution is -1.80. The molecule has 0 aliphatic heterocycles. The van der Waals surface area contributed by atoms with E-state index in [1.165, 1.54) is 10.8 Å². The molecule has 0 bridgehead atoms. The highest BCUT2D eigenvalue weighted by atomic mass is 14.8. The number of rotatable bonds is 2. The van der Waals surface area contributed by atoms with Crippen LogP contribution in [0.2, 0.25) is 0 Å². The van der Waals surface area contributed by atoms with E-state index in [0.29, 0.717) is 0 Å². The summed E-state index contributed by atoms with van der Waals surface area (Å²) in [5.41, 5.74) is 2.89. The van der Waals surface area contributed by atoms with E-state index >= 15 is 0 Å². The Morgan fingerprint density at radius 1 is 1.00 bits per heavy atom. The van der Waals surface area contributed by atoms with Crippen LogP contribution in [0.4, 0.5) is 11.4 Å². The topological polar surface area (TPSA) is 24.7 Å². The summed E-state index contributed by atoms with van der Waals surface area (Å²) >= 11 is 0. The number of benzene rings is 2.